The molecular weight excluding hydrogens is 456 g/mol. The normalized spacial score (nSPS) is 12.6. The molecule has 0 aromatic heterocycles. The molecule has 0 aliphatic heterocycles. The number of nitrogens with two attached hydrogens (primary N) is 1. The van der Waals surface area contributed by atoms with Gasteiger partial charge >= 0.3 is 11.9 Å². The number of carboxylic acid groups (broad SMARTS) is 2. The van der Waals surface area contributed by atoms with Crippen molar-refractivity contribution in [3.05, 3.63) is 34.3 Å². The quantitative estimate of drug-likeness (QED) is 0.214. The Bertz CT molecular complexity index is 703. The van der Waals surface area contributed by atoms with E-state index in [0.717, 1.165) is 10.0 Å². The number of carbonyl (C=O) groups is 4. The van der Waals surface area contributed by atoms with Crippen LogP contribution < -0.4 is 21.7 Å². The summed E-state index contributed by atoms with van der Waals surface area (Å²) >= 11 is 4.70. The summed E-state index contributed by atoms with van der Waals surface area (Å²) in [5, 5.41) is 24.2. The van der Waals surface area contributed by atoms with Crippen LogP contribution in [0.2, 0.25) is 0 Å². The molecule has 0 fully saturated rings. The average Bonchev–Trinajstić information content (AvgIpc) is 2.64. The lowest BCUT2D eigenvalue weighted by molar-refractivity contribution is -0.138. The number of amides is 2. The number of aliphatic carboxylic acids is 2. The predicted molar refractivity (Wildman–Crippen MR) is 106 cm³/mol. The summed E-state index contributed by atoms with van der Waals surface area (Å²) in [4.78, 5) is 45.4. The Hall–Kier alpha value is -2.15. The van der Waals surface area contributed by atoms with E-state index in [2.05, 4.69) is 31.9 Å². The average molecular weight is 477 g/mol. The molecular formula is C16H21BrN4O6S. The first-order chi connectivity index (χ1) is 13.2. The molecule has 154 valence electrons. The summed E-state index contributed by atoms with van der Waals surface area (Å²) in [5.74, 6) is -3.14. The Morgan fingerprint density at radius 3 is 2.21 bits per heavy atom. The Morgan fingerprint density at radius 2 is 1.64 bits per heavy atom. The summed E-state index contributed by atoms with van der Waals surface area (Å²) in [6.07, 6.45) is -1.33. The highest BCUT2D eigenvalue weighted by molar-refractivity contribution is 9.10. The lowest BCUT2D eigenvalue weighted by atomic mass is 10.2. The fourth-order valence-corrected chi connectivity index (χ4v) is 3.18. The highest BCUT2D eigenvalue weighted by Gasteiger charge is 2.24. The predicted octanol–water partition coefficient (Wildman–Crippen LogP) is -0.673. The maximum Gasteiger partial charge on any atom is 0.322 e. The zero-order chi connectivity index (χ0) is 21.1. The van der Waals surface area contributed by atoms with E-state index in [0.29, 0.717) is 5.75 Å². The zero-order valence-corrected chi connectivity index (χ0v) is 17.1. The molecule has 1 rings (SSSR count). The first-order valence-electron chi connectivity index (χ1n) is 8.02. The Kier molecular flexibility index (Phi) is 10.5. The second kappa shape index (κ2) is 12.3. The molecule has 0 saturated heterocycles. The molecule has 2 amide bonds. The van der Waals surface area contributed by atoms with Gasteiger partial charge in [0.05, 0.1) is 6.54 Å². The minimum atomic E-state index is -1.33. The smallest absolute Gasteiger partial charge is 0.322 e. The summed E-state index contributed by atoms with van der Waals surface area (Å²) in [7, 11) is 0. The largest absolute Gasteiger partial charge is 0.480 e. The number of carboxylic acids is 2. The molecule has 12 heteroatoms. The van der Waals surface area contributed by atoms with E-state index >= 15 is 0 Å². The Labute approximate surface area is 173 Å². The van der Waals surface area contributed by atoms with Gasteiger partial charge in [-0.3, -0.25) is 24.5 Å². The van der Waals surface area contributed by atoms with Gasteiger partial charge in [0.2, 0.25) is 5.91 Å². The van der Waals surface area contributed by atoms with E-state index < -0.39 is 49.1 Å². The number of nitrogens with one attached hydrogen (secondary N) is 3. The molecule has 1 aromatic carbocycles. The van der Waals surface area contributed by atoms with Crippen LogP contribution in [0.5, 0.6) is 0 Å². The van der Waals surface area contributed by atoms with E-state index in [1.807, 2.05) is 24.3 Å². The van der Waals surface area contributed by atoms with Crippen LogP contribution in [-0.4, -0.2) is 65.0 Å². The SMILES string of the molecule is N[C@@H](NCC(=O)O)C(=O)N[C@@H](CSCc1ccc(Br)cc1)C(=O)NCC(=O)O. The van der Waals surface area contributed by atoms with Crippen LogP contribution in [0.4, 0.5) is 0 Å². The lowest BCUT2D eigenvalue weighted by Crippen LogP contribution is -2.57. The van der Waals surface area contributed by atoms with E-state index in [1.54, 1.807) is 0 Å². The van der Waals surface area contributed by atoms with Gasteiger partial charge in [0.1, 0.15) is 18.8 Å². The third-order valence-corrected chi connectivity index (χ3v) is 4.90. The van der Waals surface area contributed by atoms with Crippen molar-refractivity contribution in [3.8, 4) is 0 Å². The van der Waals surface area contributed by atoms with Crippen molar-refractivity contribution in [2.75, 3.05) is 18.8 Å². The maximum atomic E-state index is 12.2. The molecule has 0 unspecified atom stereocenters. The molecule has 2 atom stereocenters. The van der Waals surface area contributed by atoms with Crippen molar-refractivity contribution >= 4 is 51.4 Å². The second-order valence-electron chi connectivity index (χ2n) is 5.57. The van der Waals surface area contributed by atoms with Crippen molar-refractivity contribution in [2.45, 2.75) is 18.0 Å². The number of benzene rings is 1. The van der Waals surface area contributed by atoms with Crippen molar-refractivity contribution in [3.63, 3.8) is 0 Å². The van der Waals surface area contributed by atoms with Gasteiger partial charge in [0.25, 0.3) is 5.91 Å². The van der Waals surface area contributed by atoms with E-state index in [-0.39, 0.29) is 5.75 Å². The molecule has 0 heterocycles. The van der Waals surface area contributed by atoms with Crippen LogP contribution in [-0.2, 0) is 24.9 Å². The third-order valence-electron chi connectivity index (χ3n) is 3.27. The van der Waals surface area contributed by atoms with E-state index in [4.69, 9.17) is 15.9 Å². The maximum absolute atomic E-state index is 12.2. The molecule has 28 heavy (non-hydrogen) atoms. The van der Waals surface area contributed by atoms with Gasteiger partial charge < -0.3 is 26.6 Å². The molecule has 0 bridgehead atoms. The van der Waals surface area contributed by atoms with Gasteiger partial charge in [0.15, 0.2) is 0 Å². The molecule has 7 N–H and O–H groups in total. The number of thioether (sulfide) groups is 1. The first kappa shape index (κ1) is 23.9. The van der Waals surface area contributed by atoms with Crippen LogP contribution in [0, 0.1) is 0 Å². The highest BCUT2D eigenvalue weighted by atomic mass is 79.9. The fraction of sp³-hybridized carbons (Fsp3) is 0.375. The van der Waals surface area contributed by atoms with Crippen LogP contribution in [0.25, 0.3) is 0 Å². The molecule has 0 saturated carbocycles. The standard InChI is InChI=1S/C16H21BrN4O6S/c17-10-3-1-9(2-4-10)7-28-8-11(15(26)20-6-13(24)25)21-16(27)14(18)19-5-12(22)23/h1-4,11,14,19H,5-8,18H2,(H,20,26)(H,21,27)(H,22,23)(H,24,25)/t11-,14-/m0/s1. The van der Waals surface area contributed by atoms with Gasteiger partial charge in [-0.2, -0.15) is 11.8 Å². The summed E-state index contributed by atoms with van der Waals surface area (Å²) < 4.78 is 0.933. The Balaban J connectivity index is 2.65. The number of rotatable bonds is 12. The molecule has 10 nitrogen and oxygen atoms in total. The van der Waals surface area contributed by atoms with Crippen LogP contribution in [0.1, 0.15) is 5.56 Å². The summed E-state index contributed by atoms with van der Waals surface area (Å²) in [5.41, 5.74) is 6.55. The molecule has 0 spiro atoms. The number of carbonyl (C=O) groups excluding carboxylic acids is 2. The summed E-state index contributed by atoms with van der Waals surface area (Å²) in [6.45, 7) is -1.12. The second-order valence-corrected chi connectivity index (χ2v) is 7.51. The number of hydrogen-bond acceptors (Lipinski definition) is 7. The van der Waals surface area contributed by atoms with Gasteiger partial charge in [-0.1, -0.05) is 28.1 Å². The monoisotopic (exact) mass is 476 g/mol. The van der Waals surface area contributed by atoms with Crippen molar-refractivity contribution in [1.29, 1.82) is 0 Å². The number of hydrogen-bond donors (Lipinski definition) is 6. The zero-order valence-electron chi connectivity index (χ0n) is 14.7. The molecule has 0 aliphatic rings. The van der Waals surface area contributed by atoms with Crippen LogP contribution in [0.3, 0.4) is 0 Å². The minimum Gasteiger partial charge on any atom is -0.480 e. The van der Waals surface area contributed by atoms with Gasteiger partial charge in [-0.05, 0) is 17.7 Å². The van der Waals surface area contributed by atoms with Crippen LogP contribution in [0.15, 0.2) is 28.7 Å². The third kappa shape index (κ3) is 9.69. The van der Waals surface area contributed by atoms with Gasteiger partial charge in [-0.25, -0.2) is 0 Å². The number of halogens is 1. The topological polar surface area (TPSA) is 171 Å². The molecule has 1 aromatic rings. The van der Waals surface area contributed by atoms with Crippen molar-refractivity contribution in [2.24, 2.45) is 5.73 Å². The van der Waals surface area contributed by atoms with Gasteiger partial charge in [-0.15, -0.1) is 0 Å². The summed E-state index contributed by atoms with van der Waals surface area (Å²) in [6, 6.07) is 6.52. The van der Waals surface area contributed by atoms with Gasteiger partial charge in [0, 0.05) is 16.0 Å². The molecule has 0 radical (unpaired) electrons. The van der Waals surface area contributed by atoms with Crippen molar-refractivity contribution < 1.29 is 29.4 Å². The Morgan fingerprint density at radius 1 is 1.04 bits per heavy atom. The van der Waals surface area contributed by atoms with Crippen molar-refractivity contribution in [1.82, 2.24) is 16.0 Å². The molecule has 0 aliphatic carbocycles. The van der Waals surface area contributed by atoms with E-state index in [1.165, 1.54) is 11.8 Å². The fourth-order valence-electron chi connectivity index (χ4n) is 1.90. The van der Waals surface area contributed by atoms with E-state index in [9.17, 15) is 19.2 Å². The first-order valence-corrected chi connectivity index (χ1v) is 9.96. The van der Waals surface area contributed by atoms with Crippen LogP contribution >= 0.6 is 27.7 Å². The minimum absolute atomic E-state index is 0.166. The highest BCUT2D eigenvalue weighted by Crippen LogP contribution is 2.16. The lowest BCUT2D eigenvalue weighted by Gasteiger charge is -2.20.